The molecule has 0 heterocycles. The van der Waals surface area contributed by atoms with Crippen LogP contribution in [0.15, 0.2) is 42.5 Å². The van der Waals surface area contributed by atoms with E-state index in [1.54, 1.807) is 25.1 Å². The summed E-state index contributed by atoms with van der Waals surface area (Å²) in [7, 11) is 0. The van der Waals surface area contributed by atoms with Gasteiger partial charge in [-0.2, -0.15) is 0 Å². The number of fused-ring (bicyclic) bond motifs is 1. The lowest BCUT2D eigenvalue weighted by atomic mass is 9.87. The Bertz CT molecular complexity index is 748. The molecule has 1 amide bonds. The molecule has 1 aliphatic rings. The Hall–Kier alpha value is -1.71. The van der Waals surface area contributed by atoms with Crippen LogP contribution in [-0.2, 0) is 11.2 Å². The number of benzene rings is 2. The van der Waals surface area contributed by atoms with Gasteiger partial charge in [-0.05, 0) is 49.4 Å². The van der Waals surface area contributed by atoms with E-state index in [-0.39, 0.29) is 11.9 Å². The Kier molecular flexibility index (Phi) is 5.32. The lowest BCUT2D eigenvalue weighted by molar-refractivity contribution is -0.128. The number of nitrogens with one attached hydrogen (secondary N) is 1. The van der Waals surface area contributed by atoms with Crippen LogP contribution in [0.1, 0.15) is 36.9 Å². The second-order valence-corrected chi connectivity index (χ2v) is 6.83. The van der Waals surface area contributed by atoms with Crippen LogP contribution in [0.4, 0.5) is 0 Å². The molecule has 126 valence electrons. The summed E-state index contributed by atoms with van der Waals surface area (Å²) in [5, 5.41) is 4.04. The fourth-order valence-corrected chi connectivity index (χ4v) is 3.33. The van der Waals surface area contributed by atoms with Gasteiger partial charge in [-0.25, -0.2) is 0 Å². The van der Waals surface area contributed by atoms with E-state index in [1.165, 1.54) is 11.1 Å². The lowest BCUT2D eigenvalue weighted by Crippen LogP contribution is -2.39. The predicted molar refractivity (Wildman–Crippen MR) is 96.8 cm³/mol. The predicted octanol–water partition coefficient (Wildman–Crippen LogP) is 4.95. The molecule has 0 spiro atoms. The Balaban J connectivity index is 1.68. The van der Waals surface area contributed by atoms with Crippen LogP contribution >= 0.6 is 23.2 Å². The molecule has 1 N–H and O–H groups in total. The molecule has 3 nitrogen and oxygen atoms in total. The maximum atomic E-state index is 12.5. The van der Waals surface area contributed by atoms with Gasteiger partial charge in [-0.3, -0.25) is 4.79 Å². The molecule has 0 saturated carbocycles. The maximum Gasteiger partial charge on any atom is 0.261 e. The van der Waals surface area contributed by atoms with Gasteiger partial charge in [-0.1, -0.05) is 47.5 Å². The van der Waals surface area contributed by atoms with E-state index in [1.807, 2.05) is 12.1 Å². The van der Waals surface area contributed by atoms with Gasteiger partial charge in [0.25, 0.3) is 5.91 Å². The van der Waals surface area contributed by atoms with Crippen LogP contribution in [0, 0.1) is 0 Å². The third kappa shape index (κ3) is 3.85. The van der Waals surface area contributed by atoms with E-state index in [4.69, 9.17) is 27.9 Å². The summed E-state index contributed by atoms with van der Waals surface area (Å²) in [5.74, 6) is 0.253. The highest BCUT2D eigenvalue weighted by molar-refractivity contribution is 6.34. The van der Waals surface area contributed by atoms with Gasteiger partial charge >= 0.3 is 0 Å². The van der Waals surface area contributed by atoms with Gasteiger partial charge in [0.05, 0.1) is 11.1 Å². The van der Waals surface area contributed by atoms with Gasteiger partial charge in [-0.15, -0.1) is 0 Å². The summed E-state index contributed by atoms with van der Waals surface area (Å²) in [6.45, 7) is 1.71. The smallest absolute Gasteiger partial charge is 0.261 e. The van der Waals surface area contributed by atoms with Crippen LogP contribution in [0.5, 0.6) is 5.75 Å². The topological polar surface area (TPSA) is 38.3 Å². The van der Waals surface area contributed by atoms with E-state index in [9.17, 15) is 4.79 Å². The fourth-order valence-electron chi connectivity index (χ4n) is 3.00. The Morgan fingerprint density at radius 3 is 2.88 bits per heavy atom. The first-order valence-electron chi connectivity index (χ1n) is 8.04. The molecule has 2 aromatic rings. The summed E-state index contributed by atoms with van der Waals surface area (Å²) in [6.07, 6.45) is 2.41. The normalized spacial score (nSPS) is 17.7. The van der Waals surface area contributed by atoms with E-state index < -0.39 is 6.10 Å². The largest absolute Gasteiger partial charge is 0.479 e. The van der Waals surface area contributed by atoms with Crippen molar-refractivity contribution in [3.05, 3.63) is 63.6 Å². The number of amides is 1. The minimum absolute atomic E-state index is 0.0309. The SMILES string of the molecule is C[C@@H](Oc1cc(Cl)ccc1Cl)C(=O)N[C@@H]1CCCc2ccccc21. The highest BCUT2D eigenvalue weighted by atomic mass is 35.5. The Morgan fingerprint density at radius 1 is 1.25 bits per heavy atom. The number of halogens is 2. The van der Waals surface area contributed by atoms with Crippen LogP contribution in [0.2, 0.25) is 10.0 Å². The standard InChI is InChI=1S/C19H19Cl2NO2/c1-12(24-18-11-14(20)9-10-16(18)21)19(23)22-17-8-4-6-13-5-2-3-7-15(13)17/h2-3,5,7,9-12,17H,4,6,8H2,1H3,(H,22,23)/t12-,17-/m1/s1. The second kappa shape index (κ2) is 7.45. The van der Waals surface area contributed by atoms with Crippen molar-refractivity contribution >= 4 is 29.1 Å². The molecule has 24 heavy (non-hydrogen) atoms. The number of ether oxygens (including phenoxy) is 1. The number of carbonyl (C=O) groups excluding carboxylic acids is 1. The lowest BCUT2D eigenvalue weighted by Gasteiger charge is -2.27. The van der Waals surface area contributed by atoms with Gasteiger partial charge in [0.2, 0.25) is 0 Å². The van der Waals surface area contributed by atoms with Crippen molar-refractivity contribution < 1.29 is 9.53 Å². The van der Waals surface area contributed by atoms with Gasteiger partial charge in [0, 0.05) is 11.1 Å². The van der Waals surface area contributed by atoms with Crippen LogP contribution in [0.25, 0.3) is 0 Å². The Labute approximate surface area is 151 Å². The average Bonchev–Trinajstić information content (AvgIpc) is 2.58. The molecular formula is C19H19Cl2NO2. The molecule has 0 radical (unpaired) electrons. The zero-order chi connectivity index (χ0) is 17.1. The van der Waals surface area contributed by atoms with Crippen molar-refractivity contribution in [3.8, 4) is 5.75 Å². The second-order valence-electron chi connectivity index (χ2n) is 5.99. The third-order valence-electron chi connectivity index (χ3n) is 4.25. The molecule has 1 aliphatic carbocycles. The first-order chi connectivity index (χ1) is 11.5. The summed E-state index contributed by atoms with van der Waals surface area (Å²) < 4.78 is 5.69. The van der Waals surface area contributed by atoms with E-state index >= 15 is 0 Å². The molecule has 0 unspecified atom stereocenters. The minimum Gasteiger partial charge on any atom is -0.479 e. The number of carbonyl (C=O) groups is 1. The number of aryl methyl sites for hydroxylation is 1. The summed E-state index contributed by atoms with van der Waals surface area (Å²) in [6, 6.07) is 13.2. The number of hydrogen-bond donors (Lipinski definition) is 1. The van der Waals surface area contributed by atoms with Crippen molar-refractivity contribution in [1.29, 1.82) is 0 Å². The first-order valence-corrected chi connectivity index (χ1v) is 8.80. The molecule has 2 atom stereocenters. The minimum atomic E-state index is -0.657. The monoisotopic (exact) mass is 363 g/mol. The van der Waals surface area contributed by atoms with Crippen LogP contribution in [-0.4, -0.2) is 12.0 Å². The van der Waals surface area contributed by atoms with E-state index in [0.717, 1.165) is 19.3 Å². The molecule has 0 fully saturated rings. The molecule has 0 aromatic heterocycles. The summed E-state index contributed by atoms with van der Waals surface area (Å²) >= 11 is 12.0. The van der Waals surface area contributed by atoms with Crippen molar-refractivity contribution in [1.82, 2.24) is 5.32 Å². The van der Waals surface area contributed by atoms with E-state index in [2.05, 4.69) is 17.4 Å². The highest BCUT2D eigenvalue weighted by Crippen LogP contribution is 2.31. The number of hydrogen-bond acceptors (Lipinski definition) is 2. The molecule has 0 saturated heterocycles. The molecule has 3 rings (SSSR count). The molecule has 2 aromatic carbocycles. The Morgan fingerprint density at radius 2 is 2.04 bits per heavy atom. The van der Waals surface area contributed by atoms with Crippen molar-refractivity contribution in [2.75, 3.05) is 0 Å². The molecular weight excluding hydrogens is 345 g/mol. The zero-order valence-electron chi connectivity index (χ0n) is 13.4. The van der Waals surface area contributed by atoms with Gasteiger partial charge < -0.3 is 10.1 Å². The quantitative estimate of drug-likeness (QED) is 0.833. The van der Waals surface area contributed by atoms with Crippen LogP contribution < -0.4 is 10.1 Å². The van der Waals surface area contributed by atoms with Crippen molar-refractivity contribution in [2.45, 2.75) is 38.3 Å². The number of rotatable bonds is 4. The van der Waals surface area contributed by atoms with Crippen molar-refractivity contribution in [3.63, 3.8) is 0 Å². The third-order valence-corrected chi connectivity index (χ3v) is 4.80. The molecule has 5 heteroatoms. The van der Waals surface area contributed by atoms with Gasteiger partial charge in [0.15, 0.2) is 6.10 Å². The molecule has 0 aliphatic heterocycles. The van der Waals surface area contributed by atoms with Gasteiger partial charge in [0.1, 0.15) is 5.75 Å². The first kappa shape index (κ1) is 17.1. The molecule has 0 bridgehead atoms. The summed E-state index contributed by atoms with van der Waals surface area (Å²) in [4.78, 5) is 12.5. The van der Waals surface area contributed by atoms with E-state index in [0.29, 0.717) is 15.8 Å². The summed E-state index contributed by atoms with van der Waals surface area (Å²) in [5.41, 5.74) is 2.51. The maximum absolute atomic E-state index is 12.5. The average molecular weight is 364 g/mol. The van der Waals surface area contributed by atoms with Crippen LogP contribution in [0.3, 0.4) is 0 Å². The zero-order valence-corrected chi connectivity index (χ0v) is 14.9. The highest BCUT2D eigenvalue weighted by Gasteiger charge is 2.24. The van der Waals surface area contributed by atoms with Crippen molar-refractivity contribution in [2.24, 2.45) is 0 Å². The fraction of sp³-hybridized carbons (Fsp3) is 0.316.